The molecule has 1 radical (unpaired) electrons. The highest BCUT2D eigenvalue weighted by Crippen LogP contribution is 2.35. The zero-order valence-electron chi connectivity index (χ0n) is 12.2. The monoisotopic (exact) mass is 247 g/mol. The molecule has 1 nitrogen and oxygen atoms in total. The maximum Gasteiger partial charge on any atom is 0.123 e. The van der Waals surface area contributed by atoms with Gasteiger partial charge in [-0.1, -0.05) is 58.2 Å². The number of para-hydroxylation sites is 1. The average Bonchev–Trinajstić information content (AvgIpc) is 2.37. The van der Waals surface area contributed by atoms with Crippen LogP contribution in [-0.4, -0.2) is 6.61 Å². The summed E-state index contributed by atoms with van der Waals surface area (Å²) in [5.74, 6) is 1.03. The van der Waals surface area contributed by atoms with Crippen LogP contribution in [0.15, 0.2) is 24.3 Å². The summed E-state index contributed by atoms with van der Waals surface area (Å²) >= 11 is 0. The van der Waals surface area contributed by atoms with Crippen molar-refractivity contribution >= 4 is 0 Å². The lowest BCUT2D eigenvalue weighted by molar-refractivity contribution is 0.310. The Balaban J connectivity index is 2.78. The molecule has 18 heavy (non-hydrogen) atoms. The molecule has 0 aliphatic rings. The van der Waals surface area contributed by atoms with Crippen LogP contribution in [0.3, 0.4) is 0 Å². The van der Waals surface area contributed by atoms with E-state index in [-0.39, 0.29) is 5.41 Å². The third-order valence-electron chi connectivity index (χ3n) is 3.42. The summed E-state index contributed by atoms with van der Waals surface area (Å²) < 4.78 is 5.82. The van der Waals surface area contributed by atoms with Crippen molar-refractivity contribution in [1.29, 1.82) is 0 Å². The van der Waals surface area contributed by atoms with Crippen molar-refractivity contribution in [1.82, 2.24) is 0 Å². The van der Waals surface area contributed by atoms with Crippen molar-refractivity contribution in [3.8, 4) is 5.75 Å². The molecular weight excluding hydrogens is 220 g/mol. The fourth-order valence-electron chi connectivity index (χ4n) is 2.29. The largest absolute Gasteiger partial charge is 0.493 e. The van der Waals surface area contributed by atoms with E-state index >= 15 is 0 Å². The Morgan fingerprint density at radius 3 is 2.56 bits per heavy atom. The maximum absolute atomic E-state index is 5.82. The molecule has 0 amide bonds. The van der Waals surface area contributed by atoms with Gasteiger partial charge in [-0.05, 0) is 36.8 Å². The van der Waals surface area contributed by atoms with E-state index in [0.717, 1.165) is 12.2 Å². The standard InChI is InChI=1S/C17H27O/c1-5-7-10-13-17(3,4)15-11-8-9-12-16(15)18-14-6-2/h8-9,11-12H,2,5-7,10,13-14H2,1,3-4H3. The molecule has 0 heterocycles. The summed E-state index contributed by atoms with van der Waals surface area (Å²) in [4.78, 5) is 0. The summed E-state index contributed by atoms with van der Waals surface area (Å²) in [5, 5.41) is 0. The molecule has 0 aliphatic carbocycles. The fraction of sp³-hybridized carbons (Fsp3) is 0.588. The molecule has 0 saturated heterocycles. The third kappa shape index (κ3) is 4.36. The van der Waals surface area contributed by atoms with E-state index in [9.17, 15) is 0 Å². The first-order valence-electron chi connectivity index (χ1n) is 7.13. The first kappa shape index (κ1) is 15.1. The van der Waals surface area contributed by atoms with E-state index in [0.29, 0.717) is 6.61 Å². The van der Waals surface area contributed by atoms with E-state index in [1.165, 1.54) is 31.2 Å². The minimum absolute atomic E-state index is 0.187. The number of unbranched alkanes of at least 4 members (excludes halogenated alkanes) is 2. The van der Waals surface area contributed by atoms with Crippen LogP contribution < -0.4 is 4.74 Å². The molecule has 0 fully saturated rings. The summed E-state index contributed by atoms with van der Waals surface area (Å²) in [6.45, 7) is 11.4. The Kier molecular flexibility index (Phi) is 6.24. The summed E-state index contributed by atoms with van der Waals surface area (Å²) in [5.41, 5.74) is 1.52. The molecule has 101 valence electrons. The van der Waals surface area contributed by atoms with Gasteiger partial charge in [0.15, 0.2) is 0 Å². The molecule has 0 N–H and O–H groups in total. The summed E-state index contributed by atoms with van der Waals surface area (Å²) in [6, 6.07) is 8.43. The number of ether oxygens (including phenoxy) is 1. The summed E-state index contributed by atoms with van der Waals surface area (Å²) in [6.07, 6.45) is 5.89. The first-order chi connectivity index (χ1) is 8.61. The Bertz CT molecular complexity index is 341. The van der Waals surface area contributed by atoms with Gasteiger partial charge >= 0.3 is 0 Å². The van der Waals surface area contributed by atoms with Crippen molar-refractivity contribution in [3.05, 3.63) is 36.8 Å². The SMILES string of the molecule is [CH2]CCOc1ccccc1C(C)(C)CCCCC. The Labute approximate surface area is 113 Å². The van der Waals surface area contributed by atoms with E-state index in [1.54, 1.807) is 0 Å². The molecule has 1 rings (SSSR count). The average molecular weight is 247 g/mol. The van der Waals surface area contributed by atoms with E-state index in [1.807, 2.05) is 6.07 Å². The van der Waals surface area contributed by atoms with Crippen LogP contribution in [0, 0.1) is 6.92 Å². The minimum atomic E-state index is 0.187. The van der Waals surface area contributed by atoms with Gasteiger partial charge in [0.05, 0.1) is 6.61 Å². The molecule has 1 aromatic carbocycles. The number of rotatable bonds is 8. The highest BCUT2D eigenvalue weighted by Gasteiger charge is 2.23. The van der Waals surface area contributed by atoms with Gasteiger partial charge in [0.1, 0.15) is 5.75 Å². The zero-order valence-corrected chi connectivity index (χ0v) is 12.2. The van der Waals surface area contributed by atoms with Gasteiger partial charge < -0.3 is 4.74 Å². The van der Waals surface area contributed by atoms with Crippen LogP contribution >= 0.6 is 0 Å². The van der Waals surface area contributed by atoms with Gasteiger partial charge in [-0.2, -0.15) is 0 Å². The Morgan fingerprint density at radius 2 is 1.89 bits per heavy atom. The second kappa shape index (κ2) is 7.45. The van der Waals surface area contributed by atoms with Crippen molar-refractivity contribution in [2.24, 2.45) is 0 Å². The van der Waals surface area contributed by atoms with E-state index in [2.05, 4.69) is 45.9 Å². The molecule has 0 unspecified atom stereocenters. The smallest absolute Gasteiger partial charge is 0.123 e. The van der Waals surface area contributed by atoms with Crippen LogP contribution in [-0.2, 0) is 5.41 Å². The Hall–Kier alpha value is -0.980. The van der Waals surface area contributed by atoms with Crippen LogP contribution in [0.25, 0.3) is 0 Å². The molecule has 0 aliphatic heterocycles. The van der Waals surface area contributed by atoms with Crippen LogP contribution in [0.2, 0.25) is 0 Å². The second-order valence-corrected chi connectivity index (χ2v) is 5.54. The van der Waals surface area contributed by atoms with Crippen LogP contribution in [0.1, 0.15) is 58.4 Å². The topological polar surface area (TPSA) is 9.23 Å². The van der Waals surface area contributed by atoms with Gasteiger partial charge in [-0.25, -0.2) is 0 Å². The molecule has 0 aromatic heterocycles. The van der Waals surface area contributed by atoms with Gasteiger partial charge in [-0.3, -0.25) is 0 Å². The van der Waals surface area contributed by atoms with Gasteiger partial charge in [0.2, 0.25) is 0 Å². The number of hydrogen-bond donors (Lipinski definition) is 0. The lowest BCUT2D eigenvalue weighted by atomic mass is 9.79. The van der Waals surface area contributed by atoms with E-state index < -0.39 is 0 Å². The van der Waals surface area contributed by atoms with Crippen LogP contribution in [0.5, 0.6) is 5.75 Å². The van der Waals surface area contributed by atoms with Gasteiger partial charge in [-0.15, -0.1) is 0 Å². The van der Waals surface area contributed by atoms with Crippen molar-refractivity contribution in [3.63, 3.8) is 0 Å². The summed E-state index contributed by atoms with van der Waals surface area (Å²) in [7, 11) is 0. The number of benzene rings is 1. The van der Waals surface area contributed by atoms with Gasteiger partial charge in [0, 0.05) is 0 Å². The van der Waals surface area contributed by atoms with E-state index in [4.69, 9.17) is 4.74 Å². The Morgan fingerprint density at radius 1 is 1.17 bits per heavy atom. The fourth-order valence-corrected chi connectivity index (χ4v) is 2.29. The molecule has 0 saturated carbocycles. The molecule has 0 atom stereocenters. The van der Waals surface area contributed by atoms with Crippen molar-refractivity contribution in [2.75, 3.05) is 6.61 Å². The predicted octanol–water partition coefficient (Wildman–Crippen LogP) is 5.15. The maximum atomic E-state index is 5.82. The van der Waals surface area contributed by atoms with Crippen LogP contribution in [0.4, 0.5) is 0 Å². The molecule has 1 heteroatoms. The van der Waals surface area contributed by atoms with Crippen molar-refractivity contribution < 1.29 is 4.74 Å². The molecule has 0 spiro atoms. The lowest BCUT2D eigenvalue weighted by Gasteiger charge is -2.27. The highest BCUT2D eigenvalue weighted by atomic mass is 16.5. The van der Waals surface area contributed by atoms with Gasteiger partial charge in [0.25, 0.3) is 0 Å². The highest BCUT2D eigenvalue weighted by molar-refractivity contribution is 5.38. The first-order valence-corrected chi connectivity index (χ1v) is 7.13. The molecule has 0 bridgehead atoms. The zero-order chi connectivity index (χ0) is 13.4. The number of hydrogen-bond acceptors (Lipinski definition) is 1. The van der Waals surface area contributed by atoms with Crippen molar-refractivity contribution in [2.45, 2.75) is 58.3 Å². The second-order valence-electron chi connectivity index (χ2n) is 5.54. The lowest BCUT2D eigenvalue weighted by Crippen LogP contribution is -2.18. The third-order valence-corrected chi connectivity index (χ3v) is 3.42. The normalized spacial score (nSPS) is 11.6. The molecule has 1 aromatic rings. The molecular formula is C17H27O. The minimum Gasteiger partial charge on any atom is -0.493 e. The predicted molar refractivity (Wildman–Crippen MR) is 79.1 cm³/mol. The quantitative estimate of drug-likeness (QED) is 0.577.